The summed E-state index contributed by atoms with van der Waals surface area (Å²) in [6.45, 7) is 6.51. The van der Waals surface area contributed by atoms with Crippen LogP contribution in [0.5, 0.6) is 0 Å². The molecule has 0 aromatic heterocycles. The van der Waals surface area contributed by atoms with Crippen LogP contribution in [-0.4, -0.2) is 11.2 Å². The van der Waals surface area contributed by atoms with Gasteiger partial charge in [0.05, 0.1) is 0 Å². The summed E-state index contributed by atoms with van der Waals surface area (Å²) in [5.41, 5.74) is 3.51. The molecule has 100 valence electrons. The number of nitrogens with one attached hydrogen (secondary N) is 1. The van der Waals surface area contributed by atoms with Gasteiger partial charge in [0.2, 0.25) is 5.91 Å². The highest BCUT2D eigenvalue weighted by atomic mass is 32.2. The molecule has 3 N–H and O–H groups in total. The van der Waals surface area contributed by atoms with E-state index in [-0.39, 0.29) is 5.91 Å². The maximum absolute atomic E-state index is 11.0. The molecule has 18 heavy (non-hydrogen) atoms. The highest BCUT2D eigenvalue weighted by molar-refractivity contribution is 7.99. The number of hydrogen-bond acceptors (Lipinski definition) is 3. The molecule has 0 spiro atoms. The zero-order valence-corrected chi connectivity index (χ0v) is 12.1. The van der Waals surface area contributed by atoms with E-state index < -0.39 is 0 Å². The van der Waals surface area contributed by atoms with E-state index in [9.17, 15) is 4.79 Å². The molecule has 3 nitrogen and oxygen atoms in total. The number of carbonyl (C=O) groups is 1. The van der Waals surface area contributed by atoms with Crippen molar-refractivity contribution >= 4 is 17.7 Å². The van der Waals surface area contributed by atoms with Gasteiger partial charge in [-0.15, -0.1) is 11.8 Å². The highest BCUT2D eigenvalue weighted by Crippen LogP contribution is 2.27. The minimum Gasteiger partial charge on any atom is -0.294 e. The largest absolute Gasteiger partial charge is 0.294 e. The van der Waals surface area contributed by atoms with Gasteiger partial charge in [0.25, 0.3) is 0 Å². The Hall–Kier alpha value is -1.00. The van der Waals surface area contributed by atoms with E-state index in [0.29, 0.717) is 17.6 Å². The molecule has 0 aliphatic carbocycles. The van der Waals surface area contributed by atoms with Crippen LogP contribution in [0.2, 0.25) is 0 Å². The summed E-state index contributed by atoms with van der Waals surface area (Å²) in [4.78, 5) is 12.3. The van der Waals surface area contributed by atoms with E-state index in [0.717, 1.165) is 6.42 Å². The smallest absolute Gasteiger partial charge is 0.233 e. The molecular formula is C14H22N2OS. The number of hydrogen-bond donors (Lipinski definition) is 2. The number of nitrogens with two attached hydrogens (primary N) is 1. The van der Waals surface area contributed by atoms with E-state index in [1.807, 2.05) is 0 Å². The van der Waals surface area contributed by atoms with Gasteiger partial charge in [-0.1, -0.05) is 32.9 Å². The molecule has 0 saturated carbocycles. The second-order valence-corrected chi connectivity index (χ2v) is 6.27. The van der Waals surface area contributed by atoms with Crippen molar-refractivity contribution < 1.29 is 4.79 Å². The third-order valence-electron chi connectivity index (χ3n) is 2.82. The molecule has 0 bridgehead atoms. The Morgan fingerprint density at radius 3 is 2.39 bits per heavy atom. The summed E-state index contributed by atoms with van der Waals surface area (Å²) in [6.07, 6.45) is 1.31. The van der Waals surface area contributed by atoms with Crippen molar-refractivity contribution in [1.29, 1.82) is 0 Å². The Labute approximate surface area is 113 Å². The summed E-state index contributed by atoms with van der Waals surface area (Å²) in [5.74, 6) is 5.51. The zero-order chi connectivity index (χ0) is 13.5. The Morgan fingerprint density at radius 2 is 1.89 bits per heavy atom. The molecule has 0 fully saturated rings. The van der Waals surface area contributed by atoms with Crippen LogP contribution in [0.25, 0.3) is 0 Å². The lowest BCUT2D eigenvalue weighted by atomic mass is 10.0. The average Bonchev–Trinajstić information content (AvgIpc) is 2.36. The van der Waals surface area contributed by atoms with Crippen LogP contribution in [0.4, 0.5) is 0 Å². The van der Waals surface area contributed by atoms with E-state index in [1.54, 1.807) is 11.8 Å². The third kappa shape index (κ3) is 5.10. The normalized spacial score (nSPS) is 12.5. The second kappa shape index (κ2) is 7.44. The molecule has 1 aromatic carbocycles. The van der Waals surface area contributed by atoms with Crippen LogP contribution >= 0.6 is 11.8 Å². The third-order valence-corrected chi connectivity index (χ3v) is 4.01. The monoisotopic (exact) mass is 266 g/mol. The van der Waals surface area contributed by atoms with E-state index in [4.69, 9.17) is 5.84 Å². The van der Waals surface area contributed by atoms with Gasteiger partial charge in [0.1, 0.15) is 0 Å². The van der Waals surface area contributed by atoms with Crippen LogP contribution in [0, 0.1) is 0 Å². The predicted octanol–water partition coefficient (Wildman–Crippen LogP) is 3.06. The van der Waals surface area contributed by atoms with Gasteiger partial charge in [-0.05, 0) is 30.0 Å². The Bertz CT molecular complexity index is 376. The summed E-state index contributed by atoms with van der Waals surface area (Å²) >= 11 is 1.80. The van der Waals surface area contributed by atoms with Gasteiger partial charge >= 0.3 is 0 Å². The molecule has 0 saturated heterocycles. The van der Waals surface area contributed by atoms with Crippen LogP contribution in [0.1, 0.15) is 45.1 Å². The van der Waals surface area contributed by atoms with Crippen molar-refractivity contribution in [2.24, 2.45) is 5.84 Å². The minimum absolute atomic E-state index is 0.0994. The molecule has 0 aliphatic heterocycles. The molecule has 0 aliphatic rings. The number of amides is 1. The van der Waals surface area contributed by atoms with Crippen LogP contribution in [0.15, 0.2) is 29.2 Å². The van der Waals surface area contributed by atoms with Crippen molar-refractivity contribution in [1.82, 2.24) is 5.43 Å². The van der Waals surface area contributed by atoms with Crippen molar-refractivity contribution in [3.8, 4) is 0 Å². The Balaban J connectivity index is 2.44. The van der Waals surface area contributed by atoms with Gasteiger partial charge in [0.15, 0.2) is 0 Å². The van der Waals surface area contributed by atoms with Gasteiger partial charge in [-0.2, -0.15) is 0 Å². The molecule has 4 heteroatoms. The highest BCUT2D eigenvalue weighted by Gasteiger charge is 2.08. The van der Waals surface area contributed by atoms with Crippen LogP contribution in [-0.2, 0) is 4.79 Å². The zero-order valence-electron chi connectivity index (χ0n) is 11.3. The number of rotatable bonds is 6. The van der Waals surface area contributed by atoms with Crippen molar-refractivity contribution in [3.63, 3.8) is 0 Å². The minimum atomic E-state index is -0.0994. The maximum atomic E-state index is 11.0. The number of carbonyl (C=O) groups excluding carboxylic acids is 1. The summed E-state index contributed by atoms with van der Waals surface area (Å²) < 4.78 is 0. The van der Waals surface area contributed by atoms with Crippen molar-refractivity contribution in [2.45, 2.75) is 49.7 Å². The SMILES string of the molecule is CC(CCC(=O)NN)Sc1ccc(C(C)C)cc1. The average molecular weight is 266 g/mol. The molecule has 0 heterocycles. The van der Waals surface area contributed by atoms with Gasteiger partial charge in [-0.25, -0.2) is 5.84 Å². The lowest BCUT2D eigenvalue weighted by Crippen LogP contribution is -2.30. The predicted molar refractivity (Wildman–Crippen MR) is 77.4 cm³/mol. The lowest BCUT2D eigenvalue weighted by molar-refractivity contribution is -0.121. The molecule has 0 radical (unpaired) electrons. The fourth-order valence-corrected chi connectivity index (χ4v) is 2.62. The fourth-order valence-electron chi connectivity index (χ4n) is 1.63. The molecular weight excluding hydrogens is 244 g/mol. The molecule has 1 atom stereocenters. The number of thioether (sulfide) groups is 1. The summed E-state index contributed by atoms with van der Waals surface area (Å²) in [6, 6.07) is 8.65. The molecule has 1 amide bonds. The topological polar surface area (TPSA) is 55.1 Å². The first-order valence-electron chi connectivity index (χ1n) is 6.29. The second-order valence-electron chi connectivity index (χ2n) is 4.76. The van der Waals surface area contributed by atoms with Crippen molar-refractivity contribution in [2.75, 3.05) is 0 Å². The summed E-state index contributed by atoms with van der Waals surface area (Å²) in [5, 5.41) is 0.409. The first-order chi connectivity index (χ1) is 8.52. The van der Waals surface area contributed by atoms with E-state index in [2.05, 4.69) is 50.5 Å². The van der Waals surface area contributed by atoms with Gasteiger partial charge in [0, 0.05) is 16.6 Å². The van der Waals surface area contributed by atoms with E-state index in [1.165, 1.54) is 10.5 Å². The molecule has 1 rings (SSSR count). The first-order valence-corrected chi connectivity index (χ1v) is 7.17. The number of hydrazine groups is 1. The Kier molecular flexibility index (Phi) is 6.22. The maximum Gasteiger partial charge on any atom is 0.233 e. The van der Waals surface area contributed by atoms with Gasteiger partial charge in [-0.3, -0.25) is 10.2 Å². The van der Waals surface area contributed by atoms with Crippen LogP contribution < -0.4 is 11.3 Å². The first kappa shape index (κ1) is 15.1. The molecule has 1 unspecified atom stereocenters. The van der Waals surface area contributed by atoms with E-state index >= 15 is 0 Å². The quantitative estimate of drug-likeness (QED) is 0.360. The standard InChI is InChI=1S/C14H22N2OS/c1-10(2)12-5-7-13(8-6-12)18-11(3)4-9-14(17)16-15/h5-8,10-11H,4,9,15H2,1-3H3,(H,16,17). The summed E-state index contributed by atoms with van der Waals surface area (Å²) in [7, 11) is 0. The van der Waals surface area contributed by atoms with Crippen molar-refractivity contribution in [3.05, 3.63) is 29.8 Å². The Morgan fingerprint density at radius 1 is 1.28 bits per heavy atom. The molecule has 1 aromatic rings. The van der Waals surface area contributed by atoms with Gasteiger partial charge < -0.3 is 0 Å². The number of benzene rings is 1. The fraction of sp³-hybridized carbons (Fsp3) is 0.500. The lowest BCUT2D eigenvalue weighted by Gasteiger charge is -2.11. The van der Waals surface area contributed by atoms with Crippen LogP contribution in [0.3, 0.4) is 0 Å².